The average molecular weight is 219 g/mol. The molecule has 0 bridgehead atoms. The Labute approximate surface area is 89.6 Å². The van der Waals surface area contributed by atoms with Gasteiger partial charge in [-0.2, -0.15) is 0 Å². The smallest absolute Gasteiger partial charge is 0.277 e. The van der Waals surface area contributed by atoms with Crippen LogP contribution in [0.3, 0.4) is 0 Å². The average Bonchev–Trinajstić information content (AvgIpc) is 2.17. The second-order valence-electron chi connectivity index (χ2n) is 3.48. The van der Waals surface area contributed by atoms with Crippen LogP contribution in [0.25, 0.3) is 0 Å². The van der Waals surface area contributed by atoms with Gasteiger partial charge in [0.05, 0.1) is 6.17 Å². The van der Waals surface area contributed by atoms with Crippen molar-refractivity contribution in [3.63, 3.8) is 0 Å². The molecule has 1 amide bonds. The van der Waals surface area contributed by atoms with Gasteiger partial charge in [0.2, 0.25) is 6.29 Å². The molecule has 7 N–H and O–H groups in total. The predicted molar refractivity (Wildman–Crippen MR) is 56.5 cm³/mol. The van der Waals surface area contributed by atoms with Gasteiger partial charge in [0.15, 0.2) is 0 Å². The van der Waals surface area contributed by atoms with E-state index >= 15 is 0 Å². The number of aliphatic hydroxyl groups excluding tert-OH is 1. The van der Waals surface area contributed by atoms with Gasteiger partial charge in [-0.3, -0.25) is 4.79 Å². The zero-order chi connectivity index (χ0) is 11.7. The number of nitrogens with one attached hydrogen (secondary N) is 1. The molecule has 0 rings (SSSR count). The van der Waals surface area contributed by atoms with Crippen LogP contribution in [0.4, 0.5) is 0 Å². The van der Waals surface area contributed by atoms with Gasteiger partial charge in [-0.05, 0) is 19.4 Å². The largest absolute Gasteiger partial charge is 0.361 e. The molecule has 1 unspecified atom stereocenters. The molecule has 6 heteroatoms. The van der Waals surface area contributed by atoms with Gasteiger partial charge < -0.3 is 27.0 Å². The highest BCUT2D eigenvalue weighted by atomic mass is 16.5. The maximum atomic E-state index is 10.8. The Balaban J connectivity index is 3.41. The summed E-state index contributed by atoms with van der Waals surface area (Å²) in [6, 6.07) is 0. The molecular formula is C9H21N3O3. The van der Waals surface area contributed by atoms with Crippen LogP contribution < -0.4 is 16.8 Å². The molecule has 0 aromatic heterocycles. The van der Waals surface area contributed by atoms with Crippen molar-refractivity contribution in [2.45, 2.75) is 44.6 Å². The Morgan fingerprint density at radius 3 is 2.33 bits per heavy atom. The molecule has 0 saturated carbocycles. The van der Waals surface area contributed by atoms with Crippen LogP contribution in [-0.2, 0) is 4.79 Å². The normalized spacial score (nSPS) is 12.9. The summed E-state index contributed by atoms with van der Waals surface area (Å²) in [5.74, 6) is -0.857. The molecule has 0 aromatic carbocycles. The predicted octanol–water partition coefficient (Wildman–Crippen LogP) is -1.39. The van der Waals surface area contributed by atoms with Crippen LogP contribution in [0, 0.1) is 0 Å². The quantitative estimate of drug-likeness (QED) is 0.254. The molecule has 0 heterocycles. The Bertz CT molecular complexity index is 176. The van der Waals surface area contributed by atoms with Crippen molar-refractivity contribution < 1.29 is 15.0 Å². The van der Waals surface area contributed by atoms with E-state index in [0.29, 0.717) is 13.0 Å². The van der Waals surface area contributed by atoms with Crippen molar-refractivity contribution in [2.75, 3.05) is 6.54 Å². The molecule has 0 aliphatic rings. The van der Waals surface area contributed by atoms with Gasteiger partial charge in [0.25, 0.3) is 5.91 Å². The zero-order valence-electron chi connectivity index (χ0n) is 8.85. The van der Waals surface area contributed by atoms with Crippen LogP contribution in [0.1, 0.15) is 32.1 Å². The monoisotopic (exact) mass is 219 g/mol. The van der Waals surface area contributed by atoms with Crippen LogP contribution in [0.2, 0.25) is 0 Å². The van der Waals surface area contributed by atoms with Gasteiger partial charge in [-0.15, -0.1) is 0 Å². The SMILES string of the molecule is NCCCCCCC(N)NC(=O)C(O)O. The molecule has 0 aliphatic heterocycles. The minimum absolute atomic E-state index is 0.517. The molecule has 0 spiro atoms. The maximum Gasteiger partial charge on any atom is 0.277 e. The Hall–Kier alpha value is -0.690. The summed E-state index contributed by atoms with van der Waals surface area (Å²) in [5, 5.41) is 19.3. The lowest BCUT2D eigenvalue weighted by Gasteiger charge is -2.14. The van der Waals surface area contributed by atoms with E-state index in [1.54, 1.807) is 0 Å². The number of hydrogen-bond donors (Lipinski definition) is 5. The van der Waals surface area contributed by atoms with Crippen LogP contribution in [-0.4, -0.2) is 35.1 Å². The van der Waals surface area contributed by atoms with Crippen molar-refractivity contribution in [1.82, 2.24) is 5.32 Å². The fourth-order valence-corrected chi connectivity index (χ4v) is 1.19. The van der Waals surface area contributed by atoms with E-state index < -0.39 is 18.4 Å². The second kappa shape index (κ2) is 8.60. The minimum atomic E-state index is -1.99. The van der Waals surface area contributed by atoms with E-state index in [0.717, 1.165) is 25.7 Å². The summed E-state index contributed by atoms with van der Waals surface area (Å²) < 4.78 is 0. The fraction of sp³-hybridized carbons (Fsp3) is 0.889. The highest BCUT2D eigenvalue weighted by molar-refractivity contribution is 5.78. The minimum Gasteiger partial charge on any atom is -0.361 e. The lowest BCUT2D eigenvalue weighted by molar-refractivity contribution is -0.148. The van der Waals surface area contributed by atoms with Gasteiger partial charge in [0, 0.05) is 0 Å². The number of nitrogens with two attached hydrogens (primary N) is 2. The van der Waals surface area contributed by atoms with E-state index in [1.165, 1.54) is 0 Å². The van der Waals surface area contributed by atoms with Gasteiger partial charge in [0.1, 0.15) is 0 Å². The zero-order valence-corrected chi connectivity index (χ0v) is 8.85. The molecule has 0 aliphatic carbocycles. The Morgan fingerprint density at radius 2 is 1.80 bits per heavy atom. The number of rotatable bonds is 8. The van der Waals surface area contributed by atoms with Crippen LogP contribution in [0.15, 0.2) is 0 Å². The van der Waals surface area contributed by atoms with Crippen molar-refractivity contribution in [2.24, 2.45) is 11.5 Å². The first-order valence-corrected chi connectivity index (χ1v) is 5.20. The number of hydrogen-bond acceptors (Lipinski definition) is 5. The fourth-order valence-electron chi connectivity index (χ4n) is 1.19. The van der Waals surface area contributed by atoms with E-state index in [-0.39, 0.29) is 0 Å². The third-order valence-electron chi connectivity index (χ3n) is 2.03. The summed E-state index contributed by atoms with van der Waals surface area (Å²) in [5.41, 5.74) is 10.9. The first kappa shape index (κ1) is 14.3. The highest BCUT2D eigenvalue weighted by Crippen LogP contribution is 2.03. The van der Waals surface area contributed by atoms with Crippen LogP contribution >= 0.6 is 0 Å². The number of amides is 1. The van der Waals surface area contributed by atoms with Gasteiger partial charge in [-0.1, -0.05) is 19.3 Å². The number of aliphatic hydroxyl groups is 2. The second-order valence-corrected chi connectivity index (χ2v) is 3.48. The highest BCUT2D eigenvalue weighted by Gasteiger charge is 2.13. The van der Waals surface area contributed by atoms with Crippen LogP contribution in [0.5, 0.6) is 0 Å². The lowest BCUT2D eigenvalue weighted by atomic mass is 10.1. The first-order chi connectivity index (χ1) is 7.07. The lowest BCUT2D eigenvalue weighted by Crippen LogP contribution is -2.46. The maximum absolute atomic E-state index is 10.8. The van der Waals surface area contributed by atoms with Gasteiger partial charge >= 0.3 is 0 Å². The number of carbonyl (C=O) groups excluding carboxylic acids is 1. The Morgan fingerprint density at radius 1 is 1.20 bits per heavy atom. The Kier molecular flexibility index (Phi) is 8.21. The molecule has 15 heavy (non-hydrogen) atoms. The molecule has 0 saturated heterocycles. The molecule has 90 valence electrons. The van der Waals surface area contributed by atoms with E-state index in [1.807, 2.05) is 0 Å². The van der Waals surface area contributed by atoms with E-state index in [4.69, 9.17) is 21.7 Å². The van der Waals surface area contributed by atoms with E-state index in [2.05, 4.69) is 5.32 Å². The molecule has 0 aromatic rings. The topological polar surface area (TPSA) is 122 Å². The molecule has 0 radical (unpaired) electrons. The summed E-state index contributed by atoms with van der Waals surface area (Å²) in [4.78, 5) is 10.8. The van der Waals surface area contributed by atoms with Gasteiger partial charge in [-0.25, -0.2) is 0 Å². The van der Waals surface area contributed by atoms with Crippen molar-refractivity contribution in [3.05, 3.63) is 0 Å². The summed E-state index contributed by atoms with van der Waals surface area (Å²) in [7, 11) is 0. The third kappa shape index (κ3) is 8.31. The molecule has 0 fully saturated rings. The summed E-state index contributed by atoms with van der Waals surface area (Å²) in [6.45, 7) is 0.694. The summed E-state index contributed by atoms with van der Waals surface area (Å²) in [6.07, 6.45) is 2.08. The number of carbonyl (C=O) groups is 1. The summed E-state index contributed by atoms with van der Waals surface area (Å²) >= 11 is 0. The molecule has 6 nitrogen and oxygen atoms in total. The van der Waals surface area contributed by atoms with Crippen molar-refractivity contribution in [1.29, 1.82) is 0 Å². The standard InChI is InChI=1S/C9H21N3O3/c10-6-4-2-1-3-5-7(11)12-8(13)9(14)15/h7,9,14-15H,1-6,10-11H2,(H,12,13). The molecular weight excluding hydrogens is 198 g/mol. The first-order valence-electron chi connectivity index (χ1n) is 5.20. The number of unbranched alkanes of at least 4 members (excludes halogenated alkanes) is 3. The molecule has 1 atom stereocenters. The van der Waals surface area contributed by atoms with Crippen molar-refractivity contribution >= 4 is 5.91 Å². The van der Waals surface area contributed by atoms with Crippen molar-refractivity contribution in [3.8, 4) is 0 Å². The van der Waals surface area contributed by atoms with E-state index in [9.17, 15) is 4.79 Å². The third-order valence-corrected chi connectivity index (χ3v) is 2.03.